The van der Waals surface area contributed by atoms with Gasteiger partial charge in [-0.1, -0.05) is 49.6 Å². The largest absolute Gasteiger partial charge is 0.339 e. The van der Waals surface area contributed by atoms with E-state index in [2.05, 4.69) is 17.1 Å². The van der Waals surface area contributed by atoms with E-state index in [0.717, 1.165) is 42.4 Å². The van der Waals surface area contributed by atoms with Crippen molar-refractivity contribution in [2.24, 2.45) is 5.92 Å². The molecule has 2 aliphatic rings. The van der Waals surface area contributed by atoms with Gasteiger partial charge in [0.25, 0.3) is 0 Å². The minimum atomic E-state index is -0.425. The summed E-state index contributed by atoms with van der Waals surface area (Å²) in [5.74, 6) is 0.340. The van der Waals surface area contributed by atoms with Gasteiger partial charge >= 0.3 is 0 Å². The quantitative estimate of drug-likeness (QED) is 0.757. The molecule has 5 nitrogen and oxygen atoms in total. The normalized spacial score (nSPS) is 20.4. The van der Waals surface area contributed by atoms with E-state index >= 15 is 0 Å². The molecule has 2 fully saturated rings. The van der Waals surface area contributed by atoms with Crippen LogP contribution in [0.4, 0.5) is 0 Å². The first kappa shape index (κ1) is 20.6. The molecule has 1 saturated heterocycles. The number of nitrogens with zero attached hydrogens (tertiary/aromatic N) is 3. The Bertz CT molecular complexity index is 877. The second kappa shape index (κ2) is 9.41. The van der Waals surface area contributed by atoms with Gasteiger partial charge in [-0.25, -0.2) is 0 Å². The third-order valence-electron chi connectivity index (χ3n) is 6.61. The third kappa shape index (κ3) is 4.25. The molecule has 1 saturated carbocycles. The van der Waals surface area contributed by atoms with Gasteiger partial charge in [-0.15, -0.1) is 0 Å². The second-order valence-electron chi connectivity index (χ2n) is 8.40. The fourth-order valence-corrected chi connectivity index (χ4v) is 4.91. The Morgan fingerprint density at radius 1 is 1.07 bits per heavy atom. The van der Waals surface area contributed by atoms with Gasteiger partial charge in [-0.3, -0.25) is 14.6 Å². The molecule has 2 amide bonds. The van der Waals surface area contributed by atoms with Crippen LogP contribution in [0.1, 0.15) is 44.6 Å². The maximum Gasteiger partial charge on any atom is 0.245 e. The Morgan fingerprint density at radius 2 is 1.87 bits per heavy atom. The predicted molar refractivity (Wildman–Crippen MR) is 118 cm³/mol. The molecule has 5 heteroatoms. The molecule has 1 aromatic heterocycles. The molecule has 158 valence electrons. The van der Waals surface area contributed by atoms with E-state index in [9.17, 15) is 9.59 Å². The van der Waals surface area contributed by atoms with Crippen molar-refractivity contribution >= 4 is 11.8 Å². The van der Waals surface area contributed by atoms with E-state index in [4.69, 9.17) is 0 Å². The minimum absolute atomic E-state index is 0.0777. The Balaban J connectivity index is 1.63. The number of amides is 2. The van der Waals surface area contributed by atoms with Gasteiger partial charge < -0.3 is 9.80 Å². The van der Waals surface area contributed by atoms with Crippen LogP contribution in [0, 0.1) is 5.92 Å². The highest BCUT2D eigenvalue weighted by Gasteiger charge is 2.39. The maximum absolute atomic E-state index is 13.4. The Morgan fingerprint density at radius 3 is 2.60 bits per heavy atom. The average molecular weight is 406 g/mol. The summed E-state index contributed by atoms with van der Waals surface area (Å²) < 4.78 is 0. The smallest absolute Gasteiger partial charge is 0.245 e. The zero-order chi connectivity index (χ0) is 20.9. The van der Waals surface area contributed by atoms with Crippen LogP contribution >= 0.6 is 0 Å². The lowest BCUT2D eigenvalue weighted by Crippen LogP contribution is -2.60. The lowest BCUT2D eigenvalue weighted by molar-refractivity contribution is -0.154. The summed E-state index contributed by atoms with van der Waals surface area (Å²) in [6.45, 7) is 3.96. The van der Waals surface area contributed by atoms with Crippen LogP contribution in [0.15, 0.2) is 48.8 Å². The van der Waals surface area contributed by atoms with Gasteiger partial charge in [0.2, 0.25) is 11.8 Å². The van der Waals surface area contributed by atoms with Crippen LogP contribution < -0.4 is 0 Å². The summed E-state index contributed by atoms with van der Waals surface area (Å²) >= 11 is 0. The van der Waals surface area contributed by atoms with E-state index in [1.807, 2.05) is 47.2 Å². The molecule has 4 rings (SSSR count). The van der Waals surface area contributed by atoms with Crippen LogP contribution in [0.2, 0.25) is 0 Å². The van der Waals surface area contributed by atoms with E-state index in [1.165, 1.54) is 6.42 Å². The number of aromatic nitrogens is 1. The first-order valence-electron chi connectivity index (χ1n) is 11.3. The van der Waals surface area contributed by atoms with Crippen LogP contribution in [-0.2, 0) is 16.0 Å². The molecular weight excluding hydrogens is 374 g/mol. The monoisotopic (exact) mass is 405 g/mol. The van der Waals surface area contributed by atoms with Crippen molar-refractivity contribution in [1.82, 2.24) is 14.8 Å². The van der Waals surface area contributed by atoms with Gasteiger partial charge in [-0.05, 0) is 37.0 Å². The standard InChI is InChI=1S/C25H31N3O2/c1-2-27-15-16-28(24(29)19-9-4-3-5-10-19)23(25(27)30)17-20-11-6-7-13-22(20)21-12-8-14-26-18-21/h6-8,11-14,18-19,23H,2-5,9-10,15-17H2,1H3/t23-/m1/s1. The lowest BCUT2D eigenvalue weighted by Gasteiger charge is -2.42. The first-order chi connectivity index (χ1) is 14.7. The number of likely N-dealkylation sites (N-methyl/N-ethyl adjacent to an activating group) is 1. The molecule has 2 aromatic rings. The Hall–Kier alpha value is -2.69. The Labute approximate surface area is 179 Å². The topological polar surface area (TPSA) is 53.5 Å². The molecule has 30 heavy (non-hydrogen) atoms. The van der Waals surface area contributed by atoms with Crippen molar-refractivity contribution in [2.75, 3.05) is 19.6 Å². The van der Waals surface area contributed by atoms with Crippen molar-refractivity contribution in [3.05, 3.63) is 54.4 Å². The highest BCUT2D eigenvalue weighted by Crippen LogP contribution is 2.30. The fraction of sp³-hybridized carbons (Fsp3) is 0.480. The molecule has 0 unspecified atom stereocenters. The molecule has 2 heterocycles. The summed E-state index contributed by atoms with van der Waals surface area (Å²) in [7, 11) is 0. The summed E-state index contributed by atoms with van der Waals surface area (Å²) in [5, 5.41) is 0. The molecule has 0 spiro atoms. The predicted octanol–water partition coefficient (Wildman–Crippen LogP) is 3.93. The lowest BCUT2D eigenvalue weighted by atomic mass is 9.87. The van der Waals surface area contributed by atoms with Crippen LogP contribution in [0.3, 0.4) is 0 Å². The van der Waals surface area contributed by atoms with Crippen molar-refractivity contribution < 1.29 is 9.59 Å². The number of carbonyl (C=O) groups excluding carboxylic acids is 2. The van der Waals surface area contributed by atoms with E-state index < -0.39 is 6.04 Å². The van der Waals surface area contributed by atoms with Gasteiger partial charge in [0.1, 0.15) is 6.04 Å². The molecule has 1 aromatic carbocycles. The van der Waals surface area contributed by atoms with Crippen molar-refractivity contribution in [1.29, 1.82) is 0 Å². The number of hydrogen-bond acceptors (Lipinski definition) is 3. The molecule has 1 atom stereocenters. The molecule has 1 aliphatic carbocycles. The summed E-state index contributed by atoms with van der Waals surface area (Å²) in [6, 6.07) is 11.7. The maximum atomic E-state index is 13.4. The number of hydrogen-bond donors (Lipinski definition) is 0. The van der Waals surface area contributed by atoms with Crippen LogP contribution in [-0.4, -0.2) is 52.3 Å². The molecule has 0 bridgehead atoms. The third-order valence-corrected chi connectivity index (χ3v) is 6.61. The summed E-state index contributed by atoms with van der Waals surface area (Å²) in [4.78, 5) is 34.8. The first-order valence-corrected chi connectivity index (χ1v) is 11.3. The fourth-order valence-electron chi connectivity index (χ4n) is 4.91. The Kier molecular flexibility index (Phi) is 6.46. The van der Waals surface area contributed by atoms with Gasteiger partial charge in [0, 0.05) is 49.9 Å². The highest BCUT2D eigenvalue weighted by atomic mass is 16.2. The highest BCUT2D eigenvalue weighted by molar-refractivity contribution is 5.90. The summed E-state index contributed by atoms with van der Waals surface area (Å²) in [6.07, 6.45) is 9.53. The van der Waals surface area contributed by atoms with E-state index in [0.29, 0.717) is 26.1 Å². The second-order valence-corrected chi connectivity index (χ2v) is 8.40. The summed E-state index contributed by atoms with van der Waals surface area (Å²) in [5.41, 5.74) is 3.20. The number of rotatable bonds is 5. The van der Waals surface area contributed by atoms with E-state index in [-0.39, 0.29) is 17.7 Å². The van der Waals surface area contributed by atoms with Crippen molar-refractivity contribution in [3.8, 4) is 11.1 Å². The zero-order valence-electron chi connectivity index (χ0n) is 17.8. The number of carbonyl (C=O) groups is 2. The van der Waals surface area contributed by atoms with Crippen LogP contribution in [0.25, 0.3) is 11.1 Å². The molecule has 1 aliphatic heterocycles. The van der Waals surface area contributed by atoms with Crippen molar-refractivity contribution in [3.63, 3.8) is 0 Å². The van der Waals surface area contributed by atoms with E-state index in [1.54, 1.807) is 6.20 Å². The average Bonchev–Trinajstić information content (AvgIpc) is 2.81. The number of pyridine rings is 1. The van der Waals surface area contributed by atoms with Gasteiger partial charge in [0.15, 0.2) is 0 Å². The number of piperazine rings is 1. The molecule has 0 radical (unpaired) electrons. The van der Waals surface area contributed by atoms with Crippen molar-refractivity contribution in [2.45, 2.75) is 51.5 Å². The van der Waals surface area contributed by atoms with Gasteiger partial charge in [-0.2, -0.15) is 0 Å². The zero-order valence-corrected chi connectivity index (χ0v) is 17.8. The van der Waals surface area contributed by atoms with Crippen LogP contribution in [0.5, 0.6) is 0 Å². The SMILES string of the molecule is CCN1CCN(C(=O)C2CCCCC2)[C@H](Cc2ccccc2-c2cccnc2)C1=O. The van der Waals surface area contributed by atoms with Gasteiger partial charge in [0.05, 0.1) is 0 Å². The number of benzene rings is 1. The molecular formula is C25H31N3O2. The minimum Gasteiger partial charge on any atom is -0.339 e. The molecule has 0 N–H and O–H groups in total.